The van der Waals surface area contributed by atoms with Crippen molar-refractivity contribution in [2.24, 2.45) is 5.92 Å². The third-order valence-corrected chi connectivity index (χ3v) is 5.72. The molecule has 3 saturated heterocycles. The largest absolute Gasteiger partial charge is 0.378 e. The zero-order valence-corrected chi connectivity index (χ0v) is 15.4. The molecule has 0 bridgehead atoms. The van der Waals surface area contributed by atoms with Gasteiger partial charge in [0.2, 0.25) is 11.8 Å². The summed E-state index contributed by atoms with van der Waals surface area (Å²) in [5.41, 5.74) is 0.102. The standard InChI is InChI=1S/C20H25FN2O4/c21-17-4-2-1-3-16(17)10-19(25)23-13-20(14-23)11-15(12-27-20)9-18(24)22-5-7-26-8-6-22/h1-4,15H,5-14H2. The molecule has 4 rings (SSSR count). The fraction of sp³-hybridized carbons (Fsp3) is 0.600. The molecule has 1 atom stereocenters. The molecule has 0 aliphatic carbocycles. The molecule has 1 unspecified atom stereocenters. The zero-order valence-electron chi connectivity index (χ0n) is 15.4. The van der Waals surface area contributed by atoms with E-state index in [1.54, 1.807) is 23.1 Å². The Morgan fingerprint density at radius 3 is 2.59 bits per heavy atom. The predicted molar refractivity (Wildman–Crippen MR) is 95.5 cm³/mol. The quantitative estimate of drug-likeness (QED) is 0.793. The van der Waals surface area contributed by atoms with E-state index in [9.17, 15) is 14.0 Å². The lowest BCUT2D eigenvalue weighted by Crippen LogP contribution is -2.63. The smallest absolute Gasteiger partial charge is 0.227 e. The summed E-state index contributed by atoms with van der Waals surface area (Å²) in [4.78, 5) is 28.4. The van der Waals surface area contributed by atoms with Crippen LogP contribution in [0.4, 0.5) is 4.39 Å². The molecule has 6 nitrogen and oxygen atoms in total. The highest BCUT2D eigenvalue weighted by molar-refractivity contribution is 5.80. The molecule has 3 fully saturated rings. The number of likely N-dealkylation sites (tertiary alicyclic amines) is 1. The predicted octanol–water partition coefficient (Wildman–Crippen LogP) is 1.23. The Hall–Kier alpha value is -1.99. The van der Waals surface area contributed by atoms with Crippen molar-refractivity contribution in [2.75, 3.05) is 46.0 Å². The summed E-state index contributed by atoms with van der Waals surface area (Å²) < 4.78 is 25.0. The van der Waals surface area contributed by atoms with E-state index in [1.807, 2.05) is 4.90 Å². The van der Waals surface area contributed by atoms with Gasteiger partial charge in [-0.1, -0.05) is 18.2 Å². The Balaban J connectivity index is 1.24. The molecular weight excluding hydrogens is 351 g/mol. The van der Waals surface area contributed by atoms with Gasteiger partial charge in [-0.25, -0.2) is 4.39 Å². The van der Waals surface area contributed by atoms with E-state index in [0.717, 1.165) is 6.42 Å². The van der Waals surface area contributed by atoms with Crippen LogP contribution in [0.2, 0.25) is 0 Å². The van der Waals surface area contributed by atoms with E-state index in [1.165, 1.54) is 6.07 Å². The van der Waals surface area contributed by atoms with E-state index < -0.39 is 0 Å². The molecule has 2 amide bonds. The lowest BCUT2D eigenvalue weighted by molar-refractivity contribution is -0.157. The maximum Gasteiger partial charge on any atom is 0.227 e. The molecule has 1 aromatic rings. The van der Waals surface area contributed by atoms with Gasteiger partial charge >= 0.3 is 0 Å². The first-order chi connectivity index (χ1) is 13.0. The number of halogens is 1. The van der Waals surface area contributed by atoms with Crippen LogP contribution in [0, 0.1) is 11.7 Å². The lowest BCUT2D eigenvalue weighted by atomic mass is 9.85. The topological polar surface area (TPSA) is 59.1 Å². The van der Waals surface area contributed by atoms with Crippen LogP contribution in [-0.4, -0.2) is 73.2 Å². The summed E-state index contributed by atoms with van der Waals surface area (Å²) in [6.07, 6.45) is 1.36. The number of amides is 2. The van der Waals surface area contributed by atoms with Crippen LogP contribution >= 0.6 is 0 Å². The monoisotopic (exact) mass is 376 g/mol. The Bertz CT molecular complexity index is 714. The maximum absolute atomic E-state index is 13.7. The van der Waals surface area contributed by atoms with Crippen molar-refractivity contribution in [2.45, 2.75) is 24.9 Å². The number of morpholine rings is 1. The normalized spacial score (nSPS) is 24.1. The van der Waals surface area contributed by atoms with Crippen LogP contribution in [0.5, 0.6) is 0 Å². The van der Waals surface area contributed by atoms with Crippen LogP contribution in [0.15, 0.2) is 24.3 Å². The molecule has 1 aromatic carbocycles. The lowest BCUT2D eigenvalue weighted by Gasteiger charge is -2.47. The number of hydrogen-bond donors (Lipinski definition) is 0. The molecule has 0 N–H and O–H groups in total. The number of hydrogen-bond acceptors (Lipinski definition) is 4. The van der Waals surface area contributed by atoms with Crippen molar-refractivity contribution in [3.05, 3.63) is 35.6 Å². The van der Waals surface area contributed by atoms with Gasteiger partial charge in [-0.2, -0.15) is 0 Å². The van der Waals surface area contributed by atoms with Gasteiger partial charge in [-0.05, 0) is 24.0 Å². The SMILES string of the molecule is O=C(CC1COC2(C1)CN(C(=O)Cc1ccccc1F)C2)N1CCOCC1. The van der Waals surface area contributed by atoms with Crippen molar-refractivity contribution < 1.29 is 23.5 Å². The molecule has 0 aromatic heterocycles. The Labute approximate surface area is 158 Å². The number of benzene rings is 1. The summed E-state index contributed by atoms with van der Waals surface area (Å²) in [7, 11) is 0. The third-order valence-electron chi connectivity index (χ3n) is 5.72. The van der Waals surface area contributed by atoms with E-state index in [4.69, 9.17) is 9.47 Å². The first kappa shape index (κ1) is 18.4. The second-order valence-corrected chi connectivity index (χ2v) is 7.78. The molecule has 0 radical (unpaired) electrons. The molecule has 146 valence electrons. The highest BCUT2D eigenvalue weighted by Crippen LogP contribution is 2.39. The number of carbonyl (C=O) groups is 2. The minimum absolute atomic E-state index is 0.0711. The molecule has 27 heavy (non-hydrogen) atoms. The first-order valence-electron chi connectivity index (χ1n) is 9.55. The van der Waals surface area contributed by atoms with Gasteiger partial charge in [0.25, 0.3) is 0 Å². The van der Waals surface area contributed by atoms with E-state index in [0.29, 0.717) is 58.0 Å². The van der Waals surface area contributed by atoms with Crippen LogP contribution in [0.25, 0.3) is 0 Å². The Morgan fingerprint density at radius 2 is 1.85 bits per heavy atom. The molecule has 3 aliphatic rings. The molecule has 1 spiro atoms. The number of ether oxygens (including phenoxy) is 2. The van der Waals surface area contributed by atoms with Crippen molar-refractivity contribution in [1.29, 1.82) is 0 Å². The fourth-order valence-corrected chi connectivity index (χ4v) is 4.22. The van der Waals surface area contributed by atoms with E-state index in [2.05, 4.69) is 0 Å². The van der Waals surface area contributed by atoms with E-state index in [-0.39, 0.29) is 35.6 Å². The minimum atomic E-state index is -0.347. The average Bonchev–Trinajstić information content (AvgIpc) is 3.07. The molecule has 0 saturated carbocycles. The summed E-state index contributed by atoms with van der Waals surface area (Å²) in [5.74, 6) is -0.0676. The highest BCUT2D eigenvalue weighted by Gasteiger charge is 2.51. The maximum atomic E-state index is 13.7. The fourth-order valence-electron chi connectivity index (χ4n) is 4.22. The number of carbonyl (C=O) groups excluding carboxylic acids is 2. The van der Waals surface area contributed by atoms with Gasteiger partial charge in [-0.3, -0.25) is 9.59 Å². The van der Waals surface area contributed by atoms with Crippen molar-refractivity contribution in [1.82, 2.24) is 9.80 Å². The molecular formula is C20H25FN2O4. The Morgan fingerprint density at radius 1 is 1.11 bits per heavy atom. The van der Waals surface area contributed by atoms with Gasteiger partial charge in [0, 0.05) is 19.5 Å². The summed E-state index contributed by atoms with van der Waals surface area (Å²) in [5, 5.41) is 0. The molecule has 3 heterocycles. The summed E-state index contributed by atoms with van der Waals surface area (Å²) >= 11 is 0. The minimum Gasteiger partial charge on any atom is -0.378 e. The van der Waals surface area contributed by atoms with Crippen molar-refractivity contribution in [3.8, 4) is 0 Å². The second kappa shape index (κ2) is 7.56. The summed E-state index contributed by atoms with van der Waals surface area (Å²) in [6, 6.07) is 6.37. The second-order valence-electron chi connectivity index (χ2n) is 7.78. The van der Waals surface area contributed by atoms with Gasteiger partial charge in [-0.15, -0.1) is 0 Å². The molecule has 3 aliphatic heterocycles. The van der Waals surface area contributed by atoms with Crippen LogP contribution in [0.1, 0.15) is 18.4 Å². The number of nitrogens with zero attached hydrogens (tertiary/aromatic N) is 2. The first-order valence-corrected chi connectivity index (χ1v) is 9.55. The molecule has 7 heteroatoms. The van der Waals surface area contributed by atoms with Gasteiger partial charge in [0.05, 0.1) is 39.3 Å². The number of rotatable bonds is 4. The van der Waals surface area contributed by atoms with Gasteiger partial charge in [0.15, 0.2) is 0 Å². The van der Waals surface area contributed by atoms with Gasteiger partial charge in [0.1, 0.15) is 11.4 Å². The van der Waals surface area contributed by atoms with E-state index >= 15 is 0 Å². The van der Waals surface area contributed by atoms with Gasteiger partial charge < -0.3 is 19.3 Å². The van der Waals surface area contributed by atoms with Crippen LogP contribution < -0.4 is 0 Å². The van der Waals surface area contributed by atoms with Crippen LogP contribution in [-0.2, 0) is 25.5 Å². The van der Waals surface area contributed by atoms with Crippen LogP contribution in [0.3, 0.4) is 0 Å². The van der Waals surface area contributed by atoms with Crippen molar-refractivity contribution in [3.63, 3.8) is 0 Å². The summed E-state index contributed by atoms with van der Waals surface area (Å²) in [6.45, 7) is 4.16. The zero-order chi connectivity index (χ0) is 18.9. The van der Waals surface area contributed by atoms with Crippen molar-refractivity contribution >= 4 is 11.8 Å². The highest BCUT2D eigenvalue weighted by atomic mass is 19.1. The average molecular weight is 376 g/mol. The Kier molecular flexibility index (Phi) is 5.14. The third kappa shape index (κ3) is 3.99.